The van der Waals surface area contributed by atoms with Gasteiger partial charge in [0.1, 0.15) is 17.9 Å². The molecule has 0 bridgehead atoms. The second-order valence-electron chi connectivity index (χ2n) is 7.92. The Hall–Kier alpha value is -1.93. The molecule has 1 aromatic carbocycles. The van der Waals surface area contributed by atoms with Crippen LogP contribution in [0.1, 0.15) is 30.5 Å². The minimum absolute atomic E-state index is 0.0896. The molecule has 1 aliphatic heterocycles. The Labute approximate surface area is 180 Å². The number of aliphatic hydroxyl groups is 3. The summed E-state index contributed by atoms with van der Waals surface area (Å²) in [5.74, 6) is -1.17. The van der Waals surface area contributed by atoms with Gasteiger partial charge >= 0.3 is 5.97 Å². The highest BCUT2D eigenvalue weighted by Gasteiger charge is 2.67. The summed E-state index contributed by atoms with van der Waals surface area (Å²) in [6.07, 6.45) is -4.17. The van der Waals surface area contributed by atoms with E-state index in [1.807, 2.05) is 0 Å². The molecule has 1 saturated heterocycles. The third-order valence-electron chi connectivity index (χ3n) is 5.59. The summed E-state index contributed by atoms with van der Waals surface area (Å²) >= 11 is 0. The van der Waals surface area contributed by atoms with E-state index in [2.05, 4.69) is 5.32 Å². The van der Waals surface area contributed by atoms with E-state index in [1.165, 1.54) is 0 Å². The summed E-state index contributed by atoms with van der Waals surface area (Å²) in [6.45, 7) is 2.78. The molecule has 0 radical (unpaired) electrons. The topological polar surface area (TPSA) is 174 Å². The maximum atomic E-state index is 12.4. The van der Waals surface area contributed by atoms with E-state index in [4.69, 9.17) is 4.74 Å². The zero-order chi connectivity index (χ0) is 23.8. The number of sulfonamides is 1. The number of benzene rings is 1. The van der Waals surface area contributed by atoms with Crippen LogP contribution in [0.4, 0.5) is 0 Å². The van der Waals surface area contributed by atoms with E-state index in [0.717, 1.165) is 26.6 Å². The van der Waals surface area contributed by atoms with Crippen LogP contribution in [0.5, 0.6) is 0 Å². The van der Waals surface area contributed by atoms with E-state index >= 15 is 0 Å². The van der Waals surface area contributed by atoms with Gasteiger partial charge in [-0.2, -0.15) is 0 Å². The van der Waals surface area contributed by atoms with Crippen LogP contribution in [0.3, 0.4) is 0 Å². The molecule has 0 saturated carbocycles. The van der Waals surface area contributed by atoms with E-state index < -0.39 is 57.4 Å². The van der Waals surface area contributed by atoms with Crippen molar-refractivity contribution in [2.45, 2.75) is 55.3 Å². The second-order valence-corrected chi connectivity index (χ2v) is 10.2. The summed E-state index contributed by atoms with van der Waals surface area (Å²) in [4.78, 5) is 23.2. The standard InChI is InChI=1S/C19H28N2O9S/c1-11-7-5-6-8-12(11)13(9-14(23)24)20-17-18(2,26)19(27,10-22)15(30-17)16(25)31(28,29)21(3)4/h5-8,10,13,15-17,20,25-27H,9H2,1-4H3,(H,23,24)/t13-,15+,16?,17?,18-,19+/m0/s1. The molecule has 0 spiro atoms. The first kappa shape index (κ1) is 25.3. The van der Waals surface area contributed by atoms with Crippen molar-refractivity contribution in [3.8, 4) is 0 Å². The molecule has 174 valence electrons. The number of aryl methyl sites for hydroxylation is 1. The van der Waals surface area contributed by atoms with Gasteiger partial charge in [0.2, 0.25) is 10.0 Å². The van der Waals surface area contributed by atoms with Crippen LogP contribution < -0.4 is 5.32 Å². The monoisotopic (exact) mass is 460 g/mol. The first-order valence-corrected chi connectivity index (χ1v) is 10.9. The Kier molecular flexibility index (Phi) is 7.27. The fourth-order valence-electron chi connectivity index (χ4n) is 3.52. The molecule has 2 rings (SSSR count). The Bertz CT molecular complexity index is 934. The zero-order valence-corrected chi connectivity index (χ0v) is 18.4. The third kappa shape index (κ3) is 4.51. The molecule has 6 atom stereocenters. The van der Waals surface area contributed by atoms with Crippen LogP contribution in [0, 0.1) is 6.92 Å². The molecule has 12 heteroatoms. The predicted octanol–water partition coefficient (Wildman–Crippen LogP) is -1.28. The second kappa shape index (κ2) is 8.90. The lowest BCUT2D eigenvalue weighted by atomic mass is 9.82. The number of ether oxygens (including phenoxy) is 1. The smallest absolute Gasteiger partial charge is 0.305 e. The highest BCUT2D eigenvalue weighted by atomic mass is 32.2. The van der Waals surface area contributed by atoms with Gasteiger partial charge in [-0.1, -0.05) is 24.3 Å². The maximum Gasteiger partial charge on any atom is 0.305 e. The summed E-state index contributed by atoms with van der Waals surface area (Å²) in [7, 11) is -2.13. The lowest BCUT2D eigenvalue weighted by Crippen LogP contribution is -2.63. The van der Waals surface area contributed by atoms with Crippen molar-refractivity contribution in [2.24, 2.45) is 0 Å². The van der Waals surface area contributed by atoms with Crippen LogP contribution in [0.25, 0.3) is 0 Å². The van der Waals surface area contributed by atoms with E-state index in [0.29, 0.717) is 9.87 Å². The van der Waals surface area contributed by atoms with E-state index in [-0.39, 0.29) is 6.29 Å². The largest absolute Gasteiger partial charge is 0.481 e. The van der Waals surface area contributed by atoms with Gasteiger partial charge in [-0.15, -0.1) is 0 Å². The summed E-state index contributed by atoms with van der Waals surface area (Å²) < 4.78 is 30.9. The van der Waals surface area contributed by atoms with Gasteiger partial charge < -0.3 is 25.2 Å². The van der Waals surface area contributed by atoms with E-state index in [9.17, 15) is 38.4 Å². The van der Waals surface area contributed by atoms with Gasteiger partial charge in [0.05, 0.1) is 6.42 Å². The fraction of sp³-hybridized carbons (Fsp3) is 0.579. The Morgan fingerprint density at radius 2 is 1.90 bits per heavy atom. The molecule has 0 amide bonds. The summed E-state index contributed by atoms with van der Waals surface area (Å²) in [6, 6.07) is 5.92. The quantitative estimate of drug-likeness (QED) is 0.279. The van der Waals surface area contributed by atoms with Crippen molar-refractivity contribution < 1.29 is 43.2 Å². The molecular weight excluding hydrogens is 432 g/mol. The number of carbonyl (C=O) groups is 2. The average molecular weight is 461 g/mol. The highest BCUT2D eigenvalue weighted by Crippen LogP contribution is 2.41. The number of nitrogens with one attached hydrogen (secondary N) is 1. The number of rotatable bonds is 9. The van der Waals surface area contributed by atoms with Gasteiger partial charge in [0, 0.05) is 20.1 Å². The molecule has 1 heterocycles. The van der Waals surface area contributed by atoms with Crippen LogP contribution in [0.2, 0.25) is 0 Å². The molecule has 0 aliphatic carbocycles. The van der Waals surface area contributed by atoms with Crippen molar-refractivity contribution in [1.82, 2.24) is 9.62 Å². The number of carbonyl (C=O) groups excluding carboxylic acids is 1. The molecule has 1 aromatic rings. The molecule has 31 heavy (non-hydrogen) atoms. The number of carboxylic acids is 1. The SMILES string of the molecule is Cc1ccccc1[C@H](CC(=O)O)NC1O[C@H](C(O)S(=O)(=O)N(C)C)[C@](O)(C=O)[C@@]1(C)O. The van der Waals surface area contributed by atoms with Crippen LogP contribution in [-0.2, 0) is 24.3 Å². The molecule has 1 aliphatic rings. The van der Waals surface area contributed by atoms with Crippen molar-refractivity contribution in [1.29, 1.82) is 0 Å². The van der Waals surface area contributed by atoms with Crippen molar-refractivity contribution in [3.63, 3.8) is 0 Å². The van der Waals surface area contributed by atoms with E-state index in [1.54, 1.807) is 31.2 Å². The Morgan fingerprint density at radius 1 is 1.32 bits per heavy atom. The number of aliphatic hydroxyl groups excluding tert-OH is 1. The number of hydrogen-bond acceptors (Lipinski definition) is 9. The first-order valence-electron chi connectivity index (χ1n) is 9.39. The normalized spacial score (nSPS) is 30.8. The lowest BCUT2D eigenvalue weighted by Gasteiger charge is -2.36. The molecular formula is C19H28N2O9S. The third-order valence-corrected chi connectivity index (χ3v) is 7.46. The molecule has 0 aromatic heterocycles. The minimum atomic E-state index is -4.41. The fourth-order valence-corrected chi connectivity index (χ4v) is 4.54. The van der Waals surface area contributed by atoms with Gasteiger partial charge in [-0.3, -0.25) is 14.9 Å². The number of aldehydes is 1. The maximum absolute atomic E-state index is 12.4. The average Bonchev–Trinajstić information content (AvgIpc) is 2.87. The highest BCUT2D eigenvalue weighted by molar-refractivity contribution is 7.89. The summed E-state index contributed by atoms with van der Waals surface area (Å²) in [5.41, 5.74) is -6.32. The molecule has 1 fully saturated rings. The number of nitrogens with zero attached hydrogens (tertiary/aromatic N) is 1. The van der Waals surface area contributed by atoms with Gasteiger partial charge in [-0.05, 0) is 25.0 Å². The summed E-state index contributed by atoms with van der Waals surface area (Å²) in [5, 5.41) is 44.3. The number of aliphatic carboxylic acids is 1. The minimum Gasteiger partial charge on any atom is -0.481 e. The molecule has 5 N–H and O–H groups in total. The first-order chi connectivity index (χ1) is 14.2. The Morgan fingerprint density at radius 3 is 2.39 bits per heavy atom. The number of carboxylic acid groups (broad SMARTS) is 1. The van der Waals surface area contributed by atoms with Crippen LogP contribution in [-0.4, -0.2) is 88.5 Å². The van der Waals surface area contributed by atoms with Crippen molar-refractivity contribution >= 4 is 22.3 Å². The van der Waals surface area contributed by atoms with Crippen LogP contribution >= 0.6 is 0 Å². The molecule has 11 nitrogen and oxygen atoms in total. The van der Waals surface area contributed by atoms with Gasteiger partial charge in [0.15, 0.2) is 17.3 Å². The number of hydrogen-bond donors (Lipinski definition) is 5. The zero-order valence-electron chi connectivity index (χ0n) is 17.6. The van der Waals surface area contributed by atoms with Crippen LogP contribution in [0.15, 0.2) is 24.3 Å². The van der Waals surface area contributed by atoms with Crippen molar-refractivity contribution in [3.05, 3.63) is 35.4 Å². The van der Waals surface area contributed by atoms with Gasteiger partial charge in [0.25, 0.3) is 0 Å². The molecule has 2 unspecified atom stereocenters. The van der Waals surface area contributed by atoms with Gasteiger partial charge in [-0.25, -0.2) is 12.7 Å². The van der Waals surface area contributed by atoms with Crippen molar-refractivity contribution in [2.75, 3.05) is 14.1 Å². The Balaban J connectivity index is 2.47. The predicted molar refractivity (Wildman–Crippen MR) is 108 cm³/mol. The lowest BCUT2D eigenvalue weighted by molar-refractivity contribution is -0.158.